The molecule has 150 valence electrons. The van der Waals surface area contributed by atoms with Gasteiger partial charge in [-0.3, -0.25) is 9.13 Å². The number of hydrogen-bond donors (Lipinski definition) is 0. The van der Waals surface area contributed by atoms with Crippen LogP contribution in [0.3, 0.4) is 0 Å². The number of hydrogen-bond acceptors (Lipinski definition) is 5. The first-order valence-electron chi connectivity index (χ1n) is 9.14. The van der Waals surface area contributed by atoms with E-state index in [1.165, 1.54) is 11.8 Å². The zero-order valence-corrected chi connectivity index (χ0v) is 17.2. The summed E-state index contributed by atoms with van der Waals surface area (Å²) in [7, 11) is 0. The van der Waals surface area contributed by atoms with Gasteiger partial charge in [0.25, 0.3) is 0 Å². The van der Waals surface area contributed by atoms with Gasteiger partial charge in [0.05, 0.1) is 21.7 Å². The van der Waals surface area contributed by atoms with Crippen molar-refractivity contribution >= 4 is 34.1 Å². The molecular formula is C21H15F2N5S2. The summed E-state index contributed by atoms with van der Waals surface area (Å²) in [5.41, 5.74) is 1.89. The number of benzene rings is 2. The molecule has 0 spiro atoms. The quantitative estimate of drug-likeness (QED) is 0.303. The van der Waals surface area contributed by atoms with Crippen molar-refractivity contribution in [3.63, 3.8) is 0 Å². The van der Waals surface area contributed by atoms with Crippen molar-refractivity contribution in [1.29, 1.82) is 0 Å². The van der Waals surface area contributed by atoms with E-state index in [0.29, 0.717) is 22.0 Å². The molecule has 0 aliphatic carbocycles. The molecule has 0 aliphatic heterocycles. The molecule has 9 heteroatoms. The fourth-order valence-corrected chi connectivity index (χ4v) is 4.86. The van der Waals surface area contributed by atoms with Gasteiger partial charge in [-0.2, -0.15) is 8.78 Å². The summed E-state index contributed by atoms with van der Waals surface area (Å²) in [6.45, 7) is -2.67. The summed E-state index contributed by atoms with van der Waals surface area (Å²) in [5.74, 6) is 1.27. The fraction of sp³-hybridized carbons (Fsp3) is 0.0952. The first kappa shape index (κ1) is 19.0. The average molecular weight is 440 g/mol. The van der Waals surface area contributed by atoms with E-state index in [0.717, 1.165) is 21.0 Å². The van der Waals surface area contributed by atoms with Crippen molar-refractivity contribution in [1.82, 2.24) is 24.3 Å². The van der Waals surface area contributed by atoms with Crippen molar-refractivity contribution < 1.29 is 8.78 Å². The fourth-order valence-electron chi connectivity index (χ4n) is 3.28. The first-order valence-corrected chi connectivity index (χ1v) is 11.0. The standard InChI is InChI=1S/C21H15F2N5S2/c22-20(23)28-16-10-5-4-9-15(16)24-18(28)13-30-21-26-25-19(17-11-6-12-29-17)27(21)14-7-2-1-3-8-14/h1-12,20H,13H2. The van der Waals surface area contributed by atoms with Crippen molar-refractivity contribution in [3.8, 4) is 16.4 Å². The van der Waals surface area contributed by atoms with Crippen LogP contribution in [0.5, 0.6) is 0 Å². The molecule has 0 fully saturated rings. The van der Waals surface area contributed by atoms with Crippen LogP contribution >= 0.6 is 23.1 Å². The van der Waals surface area contributed by atoms with Crippen LogP contribution in [0.4, 0.5) is 8.78 Å². The predicted molar refractivity (Wildman–Crippen MR) is 115 cm³/mol. The number of nitrogens with zero attached hydrogens (tertiary/aromatic N) is 5. The largest absolute Gasteiger partial charge is 0.320 e. The van der Waals surface area contributed by atoms with Crippen LogP contribution in [0.2, 0.25) is 0 Å². The highest BCUT2D eigenvalue weighted by Crippen LogP contribution is 2.33. The molecule has 5 aromatic rings. The Kier molecular flexibility index (Phi) is 5.06. The Morgan fingerprint density at radius 3 is 2.50 bits per heavy atom. The number of imidazole rings is 1. The molecule has 0 saturated heterocycles. The SMILES string of the molecule is FC(F)n1c(CSc2nnc(-c3cccs3)n2-c2ccccc2)nc2ccccc21. The third-order valence-corrected chi connectivity index (χ3v) is 6.37. The van der Waals surface area contributed by atoms with Crippen molar-refractivity contribution in [3.05, 3.63) is 77.9 Å². The van der Waals surface area contributed by atoms with Crippen molar-refractivity contribution in [2.45, 2.75) is 17.5 Å². The molecule has 3 aromatic heterocycles. The van der Waals surface area contributed by atoms with E-state index in [1.807, 2.05) is 52.4 Å². The molecule has 5 nitrogen and oxygen atoms in total. The van der Waals surface area contributed by atoms with Crippen LogP contribution in [0.25, 0.3) is 27.4 Å². The zero-order chi connectivity index (χ0) is 20.5. The van der Waals surface area contributed by atoms with Crippen molar-refractivity contribution in [2.75, 3.05) is 0 Å². The lowest BCUT2D eigenvalue weighted by Crippen LogP contribution is -2.04. The maximum absolute atomic E-state index is 13.7. The summed E-state index contributed by atoms with van der Waals surface area (Å²) in [5, 5.41) is 11.3. The van der Waals surface area contributed by atoms with Gasteiger partial charge in [-0.25, -0.2) is 4.98 Å². The molecule has 30 heavy (non-hydrogen) atoms. The van der Waals surface area contributed by atoms with Crippen LogP contribution in [0.15, 0.2) is 77.3 Å². The maximum atomic E-state index is 13.7. The first-order chi connectivity index (χ1) is 14.7. The number of para-hydroxylation sites is 3. The van der Waals surface area contributed by atoms with Crippen molar-refractivity contribution in [2.24, 2.45) is 0 Å². The van der Waals surface area contributed by atoms with E-state index >= 15 is 0 Å². The van der Waals surface area contributed by atoms with Gasteiger partial charge in [0.15, 0.2) is 11.0 Å². The summed E-state index contributed by atoms with van der Waals surface area (Å²) in [6.07, 6.45) is 0. The summed E-state index contributed by atoms with van der Waals surface area (Å²) in [6, 6.07) is 20.6. The smallest absolute Gasteiger partial charge is 0.269 e. The molecule has 0 bridgehead atoms. The third-order valence-electron chi connectivity index (χ3n) is 4.58. The second-order valence-corrected chi connectivity index (χ2v) is 8.30. The highest BCUT2D eigenvalue weighted by Gasteiger charge is 2.21. The Hall–Kier alpha value is -3.04. The Balaban J connectivity index is 1.54. The molecule has 0 saturated carbocycles. The molecule has 0 amide bonds. The lowest BCUT2D eigenvalue weighted by Gasteiger charge is -2.10. The highest BCUT2D eigenvalue weighted by molar-refractivity contribution is 7.98. The molecule has 5 rings (SSSR count). The molecule has 0 atom stereocenters. The van der Waals surface area contributed by atoms with Crippen LogP contribution in [0.1, 0.15) is 12.4 Å². The minimum atomic E-state index is -2.67. The third kappa shape index (κ3) is 3.40. The van der Waals surface area contributed by atoms with E-state index in [4.69, 9.17) is 0 Å². The summed E-state index contributed by atoms with van der Waals surface area (Å²) < 4.78 is 30.4. The molecule has 0 N–H and O–H groups in total. The maximum Gasteiger partial charge on any atom is 0.320 e. The monoisotopic (exact) mass is 439 g/mol. The molecule has 0 aliphatic rings. The minimum absolute atomic E-state index is 0.244. The summed E-state index contributed by atoms with van der Waals surface area (Å²) in [4.78, 5) is 5.40. The number of fused-ring (bicyclic) bond motifs is 1. The lowest BCUT2D eigenvalue weighted by molar-refractivity contribution is 0.0722. The molecule has 2 aromatic carbocycles. The van der Waals surface area contributed by atoms with E-state index in [2.05, 4.69) is 15.2 Å². The van der Waals surface area contributed by atoms with Crippen LogP contribution in [0, 0.1) is 0 Å². The van der Waals surface area contributed by atoms with Gasteiger partial charge in [-0.05, 0) is 35.7 Å². The van der Waals surface area contributed by atoms with Crippen LogP contribution in [-0.2, 0) is 5.75 Å². The number of thioether (sulfide) groups is 1. The number of thiophene rings is 1. The van der Waals surface area contributed by atoms with E-state index in [-0.39, 0.29) is 5.75 Å². The number of rotatable bonds is 6. The Morgan fingerprint density at radius 2 is 1.73 bits per heavy atom. The molecule has 0 unspecified atom stereocenters. The number of alkyl halides is 2. The lowest BCUT2D eigenvalue weighted by atomic mass is 10.3. The Morgan fingerprint density at radius 1 is 0.933 bits per heavy atom. The molecule has 3 heterocycles. The van der Waals surface area contributed by atoms with E-state index in [9.17, 15) is 8.78 Å². The van der Waals surface area contributed by atoms with Crippen LogP contribution in [-0.4, -0.2) is 24.3 Å². The number of aromatic nitrogens is 5. The summed E-state index contributed by atoms with van der Waals surface area (Å²) >= 11 is 2.91. The van der Waals surface area contributed by atoms with Gasteiger partial charge < -0.3 is 0 Å². The Bertz CT molecular complexity index is 1280. The second kappa shape index (κ2) is 8.00. The van der Waals surface area contributed by atoms with Gasteiger partial charge in [-0.15, -0.1) is 21.5 Å². The van der Waals surface area contributed by atoms with E-state index < -0.39 is 6.55 Å². The molecule has 0 radical (unpaired) electrons. The van der Waals surface area contributed by atoms with Gasteiger partial charge in [-0.1, -0.05) is 48.2 Å². The predicted octanol–water partition coefficient (Wildman–Crippen LogP) is 6.03. The zero-order valence-electron chi connectivity index (χ0n) is 15.5. The molecular weight excluding hydrogens is 424 g/mol. The second-order valence-electron chi connectivity index (χ2n) is 6.41. The van der Waals surface area contributed by atoms with Gasteiger partial charge in [0, 0.05) is 5.69 Å². The number of halogens is 2. The topological polar surface area (TPSA) is 48.5 Å². The average Bonchev–Trinajstić information content (AvgIpc) is 3.50. The van der Waals surface area contributed by atoms with Gasteiger partial charge >= 0.3 is 6.55 Å². The normalized spacial score (nSPS) is 11.6. The van der Waals surface area contributed by atoms with E-state index in [1.54, 1.807) is 35.6 Å². The van der Waals surface area contributed by atoms with Crippen LogP contribution < -0.4 is 0 Å². The highest BCUT2D eigenvalue weighted by atomic mass is 32.2. The Labute approximate surface area is 179 Å². The van der Waals surface area contributed by atoms with Gasteiger partial charge in [0.2, 0.25) is 0 Å². The minimum Gasteiger partial charge on any atom is -0.269 e. The van der Waals surface area contributed by atoms with Gasteiger partial charge in [0.1, 0.15) is 5.82 Å².